The molecule has 23 heavy (non-hydrogen) atoms. The number of benzene rings is 1. The van der Waals surface area contributed by atoms with E-state index in [9.17, 15) is 4.79 Å². The van der Waals surface area contributed by atoms with Crippen LogP contribution < -0.4 is 0 Å². The van der Waals surface area contributed by atoms with Crippen molar-refractivity contribution in [2.75, 3.05) is 26.2 Å². The van der Waals surface area contributed by atoms with E-state index in [2.05, 4.69) is 35.2 Å². The molecule has 0 N–H and O–H groups in total. The van der Waals surface area contributed by atoms with Crippen molar-refractivity contribution in [1.82, 2.24) is 9.80 Å². The summed E-state index contributed by atoms with van der Waals surface area (Å²) in [5, 5.41) is 0. The van der Waals surface area contributed by atoms with Crippen molar-refractivity contribution in [2.24, 2.45) is 0 Å². The van der Waals surface area contributed by atoms with Crippen molar-refractivity contribution in [2.45, 2.75) is 50.4 Å². The van der Waals surface area contributed by atoms with E-state index in [4.69, 9.17) is 4.74 Å². The molecule has 3 fully saturated rings. The number of hydrogen-bond donors (Lipinski definition) is 0. The largest absolute Gasteiger partial charge is 0.363 e. The highest BCUT2D eigenvalue weighted by Crippen LogP contribution is 2.34. The van der Waals surface area contributed by atoms with Gasteiger partial charge >= 0.3 is 0 Å². The van der Waals surface area contributed by atoms with Crippen LogP contribution in [0.5, 0.6) is 0 Å². The Morgan fingerprint density at radius 3 is 2.70 bits per heavy atom. The summed E-state index contributed by atoms with van der Waals surface area (Å²) in [5.74, 6) is 0.236. The minimum absolute atomic E-state index is 0.192. The average Bonchev–Trinajstić information content (AvgIpc) is 3.30. The highest BCUT2D eigenvalue weighted by molar-refractivity contribution is 5.81. The third-order valence-corrected chi connectivity index (χ3v) is 5.62. The predicted octanol–water partition coefficient (Wildman–Crippen LogP) is 2.08. The Labute approximate surface area is 138 Å². The molecule has 4 heteroatoms. The first kappa shape index (κ1) is 15.2. The summed E-state index contributed by atoms with van der Waals surface area (Å²) in [6.45, 7) is 4.02. The highest BCUT2D eigenvalue weighted by atomic mass is 16.5. The minimum Gasteiger partial charge on any atom is -0.363 e. The number of rotatable bonds is 4. The summed E-state index contributed by atoms with van der Waals surface area (Å²) in [6, 6.07) is 11.1. The lowest BCUT2D eigenvalue weighted by atomic mass is 10.1. The van der Waals surface area contributed by atoms with Crippen molar-refractivity contribution in [1.29, 1.82) is 0 Å². The quantitative estimate of drug-likeness (QED) is 0.853. The van der Waals surface area contributed by atoms with Crippen LogP contribution in [0.25, 0.3) is 0 Å². The molecule has 3 heterocycles. The van der Waals surface area contributed by atoms with E-state index in [0.717, 1.165) is 58.3 Å². The number of nitrogens with zero attached hydrogens (tertiary/aromatic N) is 2. The van der Waals surface area contributed by atoms with Gasteiger partial charge in [0.15, 0.2) is 0 Å². The molecular weight excluding hydrogens is 288 g/mol. The molecule has 0 aromatic heterocycles. The second kappa shape index (κ2) is 6.62. The lowest BCUT2D eigenvalue weighted by Gasteiger charge is -2.23. The van der Waals surface area contributed by atoms with Gasteiger partial charge in [-0.3, -0.25) is 9.69 Å². The molecule has 3 saturated heterocycles. The topological polar surface area (TPSA) is 32.8 Å². The van der Waals surface area contributed by atoms with Gasteiger partial charge in [0.2, 0.25) is 0 Å². The zero-order valence-corrected chi connectivity index (χ0v) is 13.7. The van der Waals surface area contributed by atoms with E-state index >= 15 is 0 Å². The van der Waals surface area contributed by atoms with Crippen LogP contribution in [0.2, 0.25) is 0 Å². The van der Waals surface area contributed by atoms with Gasteiger partial charge in [-0.2, -0.15) is 0 Å². The maximum Gasteiger partial charge on any atom is 0.251 e. The number of carbonyl (C=O) groups is 1. The van der Waals surface area contributed by atoms with Crippen LogP contribution in [0, 0.1) is 0 Å². The van der Waals surface area contributed by atoms with E-state index in [1.807, 2.05) is 4.90 Å². The molecule has 0 unspecified atom stereocenters. The Balaban J connectivity index is 1.33. The van der Waals surface area contributed by atoms with Gasteiger partial charge in [-0.15, -0.1) is 0 Å². The third-order valence-electron chi connectivity index (χ3n) is 5.62. The van der Waals surface area contributed by atoms with Crippen LogP contribution in [0.4, 0.5) is 0 Å². The third kappa shape index (κ3) is 3.15. The molecular formula is C19H26N2O2. The number of ether oxygens (including phenoxy) is 1. The lowest BCUT2D eigenvalue weighted by molar-refractivity contribution is -0.141. The van der Waals surface area contributed by atoms with Crippen molar-refractivity contribution in [3.63, 3.8) is 0 Å². The van der Waals surface area contributed by atoms with E-state index < -0.39 is 0 Å². The summed E-state index contributed by atoms with van der Waals surface area (Å²) < 4.78 is 6.11. The Kier molecular flexibility index (Phi) is 4.36. The lowest BCUT2D eigenvalue weighted by Crippen LogP contribution is -2.38. The second-order valence-corrected chi connectivity index (χ2v) is 7.06. The zero-order valence-electron chi connectivity index (χ0n) is 13.7. The monoisotopic (exact) mass is 314 g/mol. The van der Waals surface area contributed by atoms with E-state index in [0.29, 0.717) is 6.04 Å². The standard InChI is InChI=1S/C19H26N2O2/c22-19(21-10-4-5-11-21)18-14-16-17(23-18)9-13-20(16)12-8-15-6-2-1-3-7-15/h1-3,6-7,16-18H,4-5,8-14H2/t16-,17-,18+/m0/s1. The average molecular weight is 314 g/mol. The maximum absolute atomic E-state index is 12.5. The number of hydrogen-bond acceptors (Lipinski definition) is 3. The van der Waals surface area contributed by atoms with Gasteiger partial charge in [0.1, 0.15) is 6.10 Å². The molecule has 1 amide bonds. The first-order valence-electron chi connectivity index (χ1n) is 9.03. The van der Waals surface area contributed by atoms with Gasteiger partial charge in [-0.1, -0.05) is 30.3 Å². The number of carbonyl (C=O) groups excluding carboxylic acids is 1. The van der Waals surface area contributed by atoms with Crippen LogP contribution in [0.1, 0.15) is 31.2 Å². The summed E-state index contributed by atoms with van der Waals surface area (Å²) in [7, 11) is 0. The minimum atomic E-state index is -0.192. The van der Waals surface area contributed by atoms with Gasteiger partial charge in [0, 0.05) is 38.6 Å². The Bertz CT molecular complexity index is 542. The van der Waals surface area contributed by atoms with Gasteiger partial charge in [-0.05, 0) is 31.2 Å². The van der Waals surface area contributed by atoms with Crippen molar-refractivity contribution in [3.05, 3.63) is 35.9 Å². The van der Waals surface area contributed by atoms with Crippen molar-refractivity contribution >= 4 is 5.91 Å². The molecule has 1 aromatic carbocycles. The van der Waals surface area contributed by atoms with Crippen LogP contribution in [0.3, 0.4) is 0 Å². The van der Waals surface area contributed by atoms with E-state index in [1.54, 1.807) is 0 Å². The molecule has 0 radical (unpaired) electrons. The number of likely N-dealkylation sites (tertiary alicyclic amines) is 2. The van der Waals surface area contributed by atoms with Crippen LogP contribution >= 0.6 is 0 Å². The summed E-state index contributed by atoms with van der Waals surface area (Å²) in [5.41, 5.74) is 1.39. The summed E-state index contributed by atoms with van der Waals surface area (Å²) in [6.07, 6.45) is 5.40. The first-order valence-corrected chi connectivity index (χ1v) is 9.03. The molecule has 0 saturated carbocycles. The molecule has 124 valence electrons. The Morgan fingerprint density at radius 1 is 1.13 bits per heavy atom. The Morgan fingerprint density at radius 2 is 1.91 bits per heavy atom. The van der Waals surface area contributed by atoms with Gasteiger partial charge < -0.3 is 9.64 Å². The van der Waals surface area contributed by atoms with Gasteiger partial charge in [-0.25, -0.2) is 0 Å². The zero-order chi connectivity index (χ0) is 15.6. The fraction of sp³-hybridized carbons (Fsp3) is 0.632. The molecule has 0 aliphatic carbocycles. The molecule has 4 rings (SSSR count). The molecule has 0 spiro atoms. The van der Waals surface area contributed by atoms with Gasteiger partial charge in [0.25, 0.3) is 5.91 Å². The smallest absolute Gasteiger partial charge is 0.251 e. The number of fused-ring (bicyclic) bond motifs is 1. The fourth-order valence-corrected chi connectivity index (χ4v) is 4.33. The molecule has 3 aliphatic heterocycles. The maximum atomic E-state index is 12.5. The van der Waals surface area contributed by atoms with Crippen molar-refractivity contribution < 1.29 is 9.53 Å². The number of amides is 1. The SMILES string of the molecule is O=C([C@H]1C[C@H]2[C@H](CCN2CCc2ccccc2)O1)N1CCCC1. The highest BCUT2D eigenvalue weighted by Gasteiger charge is 2.46. The molecule has 4 nitrogen and oxygen atoms in total. The molecule has 3 atom stereocenters. The van der Waals surface area contributed by atoms with Gasteiger partial charge in [0.05, 0.1) is 6.10 Å². The fourth-order valence-electron chi connectivity index (χ4n) is 4.33. The van der Waals surface area contributed by atoms with Crippen LogP contribution in [-0.4, -0.2) is 60.1 Å². The summed E-state index contributed by atoms with van der Waals surface area (Å²) in [4.78, 5) is 17.1. The summed E-state index contributed by atoms with van der Waals surface area (Å²) >= 11 is 0. The first-order chi connectivity index (χ1) is 11.3. The van der Waals surface area contributed by atoms with E-state index in [1.165, 1.54) is 5.56 Å². The van der Waals surface area contributed by atoms with Crippen molar-refractivity contribution in [3.8, 4) is 0 Å². The van der Waals surface area contributed by atoms with E-state index in [-0.39, 0.29) is 18.1 Å². The van der Waals surface area contributed by atoms with Crippen LogP contribution in [-0.2, 0) is 16.0 Å². The Hall–Kier alpha value is -1.39. The predicted molar refractivity (Wildman–Crippen MR) is 89.2 cm³/mol. The van der Waals surface area contributed by atoms with Crippen LogP contribution in [0.15, 0.2) is 30.3 Å². The molecule has 0 bridgehead atoms. The second-order valence-electron chi connectivity index (χ2n) is 7.06. The normalized spacial score (nSPS) is 30.8. The molecule has 1 aromatic rings. The molecule has 3 aliphatic rings.